The van der Waals surface area contributed by atoms with Gasteiger partial charge in [0.1, 0.15) is 0 Å². The van der Waals surface area contributed by atoms with Crippen LogP contribution in [0.2, 0.25) is 0 Å². The van der Waals surface area contributed by atoms with Crippen molar-refractivity contribution in [2.75, 3.05) is 18.5 Å². The average molecular weight is 276 g/mol. The molecule has 1 aromatic rings. The van der Waals surface area contributed by atoms with Crippen LogP contribution in [0.15, 0.2) is 24.3 Å². The van der Waals surface area contributed by atoms with Gasteiger partial charge in [0, 0.05) is 5.69 Å². The van der Waals surface area contributed by atoms with Crippen LogP contribution in [0, 0.1) is 0 Å². The number of hydrogen-bond acceptors (Lipinski definition) is 4. The number of amides is 1. The highest BCUT2D eigenvalue weighted by molar-refractivity contribution is 5.96. The van der Waals surface area contributed by atoms with Crippen molar-refractivity contribution >= 4 is 17.6 Å². The van der Waals surface area contributed by atoms with Crippen LogP contribution in [0.1, 0.15) is 36.5 Å². The molecule has 1 aliphatic heterocycles. The van der Waals surface area contributed by atoms with Crippen molar-refractivity contribution in [3.8, 4) is 0 Å². The molecule has 0 spiro atoms. The Morgan fingerprint density at radius 2 is 2.10 bits per heavy atom. The third kappa shape index (κ3) is 3.81. The predicted molar refractivity (Wildman–Crippen MR) is 76.7 cm³/mol. The molecule has 0 bridgehead atoms. The number of hydrogen-bond donors (Lipinski definition) is 2. The van der Waals surface area contributed by atoms with Crippen molar-refractivity contribution in [1.82, 2.24) is 5.32 Å². The van der Waals surface area contributed by atoms with E-state index < -0.39 is 0 Å². The zero-order valence-electron chi connectivity index (χ0n) is 11.6. The summed E-state index contributed by atoms with van der Waals surface area (Å²) in [6.07, 6.45) is 2.70. The Bertz CT molecular complexity index is 465. The summed E-state index contributed by atoms with van der Waals surface area (Å²) in [5.41, 5.74) is 1.19. The summed E-state index contributed by atoms with van der Waals surface area (Å²) in [6, 6.07) is 6.65. The maximum Gasteiger partial charge on any atom is 0.338 e. The molecule has 2 rings (SSSR count). The Hall–Kier alpha value is -1.88. The van der Waals surface area contributed by atoms with E-state index in [0.29, 0.717) is 17.9 Å². The lowest BCUT2D eigenvalue weighted by atomic mass is 10.2. The first-order valence-electron chi connectivity index (χ1n) is 7.02. The maximum atomic E-state index is 11.9. The normalized spacial score (nSPS) is 17.8. The lowest BCUT2D eigenvalue weighted by Gasteiger charge is -2.11. The summed E-state index contributed by atoms with van der Waals surface area (Å²) < 4.78 is 5.04. The fourth-order valence-electron chi connectivity index (χ4n) is 2.11. The van der Waals surface area contributed by atoms with Gasteiger partial charge in [-0.1, -0.05) is 6.92 Å². The monoisotopic (exact) mass is 276 g/mol. The minimum absolute atomic E-state index is 0.0243. The second-order valence-electron chi connectivity index (χ2n) is 4.85. The van der Waals surface area contributed by atoms with Crippen molar-refractivity contribution in [3.63, 3.8) is 0 Å². The third-order valence-corrected chi connectivity index (χ3v) is 3.20. The van der Waals surface area contributed by atoms with E-state index >= 15 is 0 Å². The number of anilines is 1. The lowest BCUT2D eigenvalue weighted by Crippen LogP contribution is -2.35. The van der Waals surface area contributed by atoms with E-state index in [1.807, 2.05) is 6.92 Å². The topological polar surface area (TPSA) is 67.4 Å². The minimum atomic E-state index is -0.331. The van der Waals surface area contributed by atoms with Gasteiger partial charge in [0.2, 0.25) is 5.91 Å². The SMILES string of the molecule is CCCOC(=O)c1ccc(NC(=O)C2CCCN2)cc1. The molecule has 1 aromatic carbocycles. The smallest absolute Gasteiger partial charge is 0.338 e. The number of nitrogens with one attached hydrogen (secondary N) is 2. The fraction of sp³-hybridized carbons (Fsp3) is 0.467. The van der Waals surface area contributed by atoms with Crippen molar-refractivity contribution < 1.29 is 14.3 Å². The molecule has 0 aromatic heterocycles. The summed E-state index contributed by atoms with van der Waals surface area (Å²) in [6.45, 7) is 3.26. The molecule has 1 amide bonds. The molecule has 108 valence electrons. The highest BCUT2D eigenvalue weighted by atomic mass is 16.5. The molecule has 0 radical (unpaired) electrons. The summed E-state index contributed by atoms with van der Waals surface area (Å²) in [5, 5.41) is 5.98. The zero-order valence-corrected chi connectivity index (χ0v) is 11.6. The number of carbonyl (C=O) groups excluding carboxylic acids is 2. The second kappa shape index (κ2) is 7.05. The van der Waals surface area contributed by atoms with E-state index in [4.69, 9.17) is 4.74 Å². The Labute approximate surface area is 118 Å². The van der Waals surface area contributed by atoms with Crippen LogP contribution >= 0.6 is 0 Å². The van der Waals surface area contributed by atoms with Gasteiger partial charge < -0.3 is 15.4 Å². The quantitative estimate of drug-likeness (QED) is 0.807. The molecule has 2 N–H and O–H groups in total. The average Bonchev–Trinajstić information content (AvgIpc) is 3.00. The van der Waals surface area contributed by atoms with Crippen molar-refractivity contribution in [2.45, 2.75) is 32.2 Å². The fourth-order valence-corrected chi connectivity index (χ4v) is 2.11. The van der Waals surface area contributed by atoms with Crippen LogP contribution in [0.25, 0.3) is 0 Å². The van der Waals surface area contributed by atoms with Gasteiger partial charge in [-0.25, -0.2) is 4.79 Å². The van der Waals surface area contributed by atoms with Gasteiger partial charge in [-0.05, 0) is 50.1 Å². The highest BCUT2D eigenvalue weighted by Gasteiger charge is 2.21. The second-order valence-corrected chi connectivity index (χ2v) is 4.85. The molecule has 20 heavy (non-hydrogen) atoms. The molecule has 5 nitrogen and oxygen atoms in total. The first-order chi connectivity index (χ1) is 9.70. The largest absolute Gasteiger partial charge is 0.462 e. The molecule has 1 aliphatic rings. The number of rotatable bonds is 5. The maximum absolute atomic E-state index is 11.9. The van der Waals surface area contributed by atoms with E-state index in [0.717, 1.165) is 25.8 Å². The number of carbonyl (C=O) groups is 2. The van der Waals surface area contributed by atoms with Gasteiger partial charge in [0.15, 0.2) is 0 Å². The third-order valence-electron chi connectivity index (χ3n) is 3.20. The molecular weight excluding hydrogens is 256 g/mol. The summed E-state index contributed by atoms with van der Waals surface area (Å²) in [4.78, 5) is 23.5. The molecule has 0 saturated carbocycles. The van der Waals surface area contributed by atoms with Crippen LogP contribution in [-0.4, -0.2) is 31.1 Å². The van der Waals surface area contributed by atoms with Crippen LogP contribution in [-0.2, 0) is 9.53 Å². The molecular formula is C15H20N2O3. The highest BCUT2D eigenvalue weighted by Crippen LogP contribution is 2.13. The summed E-state index contributed by atoms with van der Waals surface area (Å²) in [7, 11) is 0. The molecule has 0 aliphatic carbocycles. The zero-order chi connectivity index (χ0) is 14.4. The van der Waals surface area contributed by atoms with Gasteiger partial charge in [-0.15, -0.1) is 0 Å². The van der Waals surface area contributed by atoms with Crippen LogP contribution in [0.4, 0.5) is 5.69 Å². The Balaban J connectivity index is 1.90. The van der Waals surface area contributed by atoms with Crippen molar-refractivity contribution in [1.29, 1.82) is 0 Å². The lowest BCUT2D eigenvalue weighted by molar-refractivity contribution is -0.117. The standard InChI is InChI=1S/C15H20N2O3/c1-2-10-20-15(19)11-5-7-12(8-6-11)17-14(18)13-4-3-9-16-13/h5-8,13,16H,2-4,9-10H2,1H3,(H,17,18). The molecule has 1 fully saturated rings. The molecule has 5 heteroatoms. The van der Waals surface area contributed by atoms with Crippen molar-refractivity contribution in [3.05, 3.63) is 29.8 Å². The van der Waals surface area contributed by atoms with Gasteiger partial charge in [-0.3, -0.25) is 4.79 Å². The molecule has 1 unspecified atom stereocenters. The minimum Gasteiger partial charge on any atom is -0.462 e. The Kier molecular flexibility index (Phi) is 5.12. The molecule has 1 saturated heterocycles. The number of benzene rings is 1. The van der Waals surface area contributed by atoms with Crippen LogP contribution in [0.3, 0.4) is 0 Å². The van der Waals surface area contributed by atoms with Gasteiger partial charge in [0.25, 0.3) is 0 Å². The van der Waals surface area contributed by atoms with E-state index in [9.17, 15) is 9.59 Å². The van der Waals surface area contributed by atoms with E-state index in [1.54, 1.807) is 24.3 Å². The molecule has 1 atom stereocenters. The van der Waals surface area contributed by atoms with Crippen LogP contribution < -0.4 is 10.6 Å². The Morgan fingerprint density at radius 3 is 2.70 bits per heavy atom. The first-order valence-corrected chi connectivity index (χ1v) is 7.02. The van der Waals surface area contributed by atoms with Crippen LogP contribution in [0.5, 0.6) is 0 Å². The van der Waals surface area contributed by atoms with E-state index in [2.05, 4.69) is 10.6 Å². The summed E-state index contributed by atoms with van der Waals surface area (Å²) in [5.74, 6) is -0.356. The van der Waals surface area contributed by atoms with E-state index in [-0.39, 0.29) is 17.9 Å². The van der Waals surface area contributed by atoms with Gasteiger partial charge in [0.05, 0.1) is 18.2 Å². The first kappa shape index (κ1) is 14.5. The van der Waals surface area contributed by atoms with Gasteiger partial charge in [-0.2, -0.15) is 0 Å². The number of esters is 1. The number of ether oxygens (including phenoxy) is 1. The van der Waals surface area contributed by atoms with Gasteiger partial charge >= 0.3 is 5.97 Å². The van der Waals surface area contributed by atoms with Crippen molar-refractivity contribution in [2.24, 2.45) is 0 Å². The Morgan fingerprint density at radius 1 is 1.35 bits per heavy atom. The molecule has 1 heterocycles. The predicted octanol–water partition coefficient (Wildman–Crippen LogP) is 1.94. The van der Waals surface area contributed by atoms with E-state index in [1.165, 1.54) is 0 Å². The summed E-state index contributed by atoms with van der Waals surface area (Å²) >= 11 is 0.